The van der Waals surface area contributed by atoms with Crippen molar-refractivity contribution < 1.29 is 33.8 Å². The quantitative estimate of drug-likeness (QED) is 0.296. The third kappa shape index (κ3) is 6.24. The first-order chi connectivity index (χ1) is 18.4. The number of hydrogen-bond donors (Lipinski definition) is 5. The van der Waals surface area contributed by atoms with Crippen molar-refractivity contribution in [3.8, 4) is 5.75 Å². The Morgan fingerprint density at radius 1 is 1.21 bits per heavy atom. The number of carbonyl (C=O) groups is 4. The first kappa shape index (κ1) is 26.5. The van der Waals surface area contributed by atoms with E-state index < -0.39 is 11.9 Å². The summed E-state index contributed by atoms with van der Waals surface area (Å²) in [6.45, 7) is 4.40. The van der Waals surface area contributed by atoms with Gasteiger partial charge in [-0.15, -0.1) is 0 Å². The molecule has 1 saturated heterocycles. The summed E-state index contributed by atoms with van der Waals surface area (Å²) in [6, 6.07) is 5.19. The van der Waals surface area contributed by atoms with Gasteiger partial charge in [-0.25, -0.2) is 14.8 Å². The van der Waals surface area contributed by atoms with Crippen LogP contribution in [0.1, 0.15) is 46.2 Å². The van der Waals surface area contributed by atoms with Gasteiger partial charge in [-0.1, -0.05) is 6.07 Å². The minimum atomic E-state index is -1.15. The van der Waals surface area contributed by atoms with Crippen molar-refractivity contribution in [3.63, 3.8) is 0 Å². The SMILES string of the molecule is CCOC(=O)C1CCNCC1.O=C1COc2ccc(CNC(=O)c3ncnc4c(C(=O)O)c[nH]c34)cc2N1. The lowest BCUT2D eigenvalue weighted by molar-refractivity contribution is -0.148. The van der Waals surface area contributed by atoms with Gasteiger partial charge in [-0.3, -0.25) is 14.4 Å². The van der Waals surface area contributed by atoms with E-state index in [1.54, 1.807) is 18.2 Å². The van der Waals surface area contributed by atoms with Gasteiger partial charge in [0.05, 0.1) is 23.7 Å². The lowest BCUT2D eigenvalue weighted by Crippen LogP contribution is -2.32. The molecular weight excluding hydrogens is 496 g/mol. The van der Waals surface area contributed by atoms with Crippen molar-refractivity contribution in [2.75, 3.05) is 31.6 Å². The van der Waals surface area contributed by atoms with Crippen molar-refractivity contribution in [2.45, 2.75) is 26.3 Å². The van der Waals surface area contributed by atoms with Crippen LogP contribution in [0, 0.1) is 5.92 Å². The number of esters is 1. The molecule has 1 aromatic carbocycles. The molecule has 0 spiro atoms. The highest BCUT2D eigenvalue weighted by Gasteiger charge is 2.22. The van der Waals surface area contributed by atoms with Gasteiger partial charge < -0.3 is 35.5 Å². The molecule has 4 heterocycles. The van der Waals surface area contributed by atoms with Crippen LogP contribution in [0.4, 0.5) is 5.69 Å². The molecule has 1 fully saturated rings. The normalized spacial score (nSPS) is 14.8. The molecule has 2 aliphatic rings. The minimum Gasteiger partial charge on any atom is -0.482 e. The third-order valence-corrected chi connectivity index (χ3v) is 6.00. The van der Waals surface area contributed by atoms with Gasteiger partial charge in [-0.05, 0) is 50.6 Å². The number of rotatable bonds is 6. The van der Waals surface area contributed by atoms with Crippen LogP contribution in [0.25, 0.3) is 11.0 Å². The van der Waals surface area contributed by atoms with E-state index in [4.69, 9.17) is 14.6 Å². The molecule has 0 radical (unpaired) electrons. The van der Waals surface area contributed by atoms with Crippen LogP contribution in [0.5, 0.6) is 5.75 Å². The number of carboxylic acids is 1. The monoisotopic (exact) mass is 524 g/mol. The van der Waals surface area contributed by atoms with Gasteiger partial charge in [0, 0.05) is 12.7 Å². The van der Waals surface area contributed by atoms with Gasteiger partial charge in [0.15, 0.2) is 12.3 Å². The summed E-state index contributed by atoms with van der Waals surface area (Å²) in [5, 5.41) is 17.8. The van der Waals surface area contributed by atoms with Gasteiger partial charge in [0.2, 0.25) is 0 Å². The molecule has 5 N–H and O–H groups in total. The fourth-order valence-electron chi connectivity index (χ4n) is 4.10. The molecule has 0 saturated carbocycles. The van der Waals surface area contributed by atoms with E-state index in [1.165, 1.54) is 6.20 Å². The first-order valence-electron chi connectivity index (χ1n) is 12.1. The molecule has 13 nitrogen and oxygen atoms in total. The van der Waals surface area contributed by atoms with Crippen LogP contribution in [0.2, 0.25) is 0 Å². The number of anilines is 1. The maximum absolute atomic E-state index is 12.5. The summed E-state index contributed by atoms with van der Waals surface area (Å²) in [7, 11) is 0. The van der Waals surface area contributed by atoms with Gasteiger partial charge in [0.25, 0.3) is 11.8 Å². The predicted molar refractivity (Wildman–Crippen MR) is 135 cm³/mol. The zero-order chi connectivity index (χ0) is 27.1. The zero-order valence-corrected chi connectivity index (χ0v) is 20.7. The smallest absolute Gasteiger partial charge is 0.339 e. The largest absolute Gasteiger partial charge is 0.482 e. The standard InChI is InChI=1S/C17H13N5O5.C8H15NO2/c23-12-6-27-11-2-1-8(3-10(11)22-12)4-19-16(24)15-14-13(20-7-21-15)9(5-18-14)17(25)26;1-2-11-8(10)7-3-5-9-6-4-7/h1-3,5,7,18H,4,6H2,(H,19,24)(H,22,23)(H,25,26);7,9H,2-6H2,1H3. The number of benzene rings is 1. The van der Waals surface area contributed by atoms with E-state index >= 15 is 0 Å². The van der Waals surface area contributed by atoms with Gasteiger partial charge in [-0.2, -0.15) is 0 Å². The minimum absolute atomic E-state index is 0.0194. The van der Waals surface area contributed by atoms with Crippen molar-refractivity contribution in [2.24, 2.45) is 5.92 Å². The molecule has 3 aromatic rings. The molecule has 0 atom stereocenters. The van der Waals surface area contributed by atoms with E-state index in [1.807, 2.05) is 6.92 Å². The second-order valence-corrected chi connectivity index (χ2v) is 8.58. The molecule has 0 aliphatic carbocycles. The number of H-pyrrole nitrogens is 1. The van der Waals surface area contributed by atoms with E-state index in [0.717, 1.165) is 37.8 Å². The fraction of sp³-hybridized carbons (Fsp3) is 0.360. The number of aromatic amines is 1. The number of carbonyl (C=O) groups excluding carboxylic acids is 3. The lowest BCUT2D eigenvalue weighted by atomic mass is 9.99. The van der Waals surface area contributed by atoms with E-state index in [2.05, 4.69) is 30.9 Å². The Bertz CT molecular complexity index is 1350. The Morgan fingerprint density at radius 3 is 2.74 bits per heavy atom. The number of fused-ring (bicyclic) bond motifs is 2. The average Bonchev–Trinajstić information content (AvgIpc) is 3.37. The van der Waals surface area contributed by atoms with Gasteiger partial charge >= 0.3 is 11.9 Å². The van der Waals surface area contributed by atoms with E-state index in [9.17, 15) is 19.2 Å². The number of amides is 2. The molecule has 38 heavy (non-hydrogen) atoms. The van der Waals surface area contributed by atoms with Crippen LogP contribution >= 0.6 is 0 Å². The molecular formula is C25H28N6O7. The van der Waals surface area contributed by atoms with E-state index in [0.29, 0.717) is 18.0 Å². The Morgan fingerprint density at radius 2 is 2.00 bits per heavy atom. The fourth-order valence-corrected chi connectivity index (χ4v) is 4.10. The number of piperidine rings is 1. The second-order valence-electron chi connectivity index (χ2n) is 8.58. The lowest BCUT2D eigenvalue weighted by Gasteiger charge is -2.20. The highest BCUT2D eigenvalue weighted by Crippen LogP contribution is 2.28. The molecule has 0 bridgehead atoms. The number of nitrogens with one attached hydrogen (secondary N) is 4. The van der Waals surface area contributed by atoms with Crippen LogP contribution < -0.4 is 20.7 Å². The van der Waals surface area contributed by atoms with Crippen LogP contribution in [-0.4, -0.2) is 70.1 Å². The van der Waals surface area contributed by atoms with Crippen molar-refractivity contribution in [1.29, 1.82) is 0 Å². The molecule has 2 aromatic heterocycles. The molecule has 200 valence electrons. The number of ether oxygens (including phenoxy) is 2. The first-order valence-corrected chi connectivity index (χ1v) is 12.1. The number of nitrogens with zero attached hydrogens (tertiary/aromatic N) is 2. The Labute approximate surface area is 217 Å². The third-order valence-electron chi connectivity index (χ3n) is 6.00. The highest BCUT2D eigenvalue weighted by molar-refractivity contribution is 6.08. The molecule has 2 amide bonds. The maximum atomic E-state index is 12.5. The summed E-state index contributed by atoms with van der Waals surface area (Å²) in [5.41, 5.74) is 1.71. The van der Waals surface area contributed by atoms with E-state index in [-0.39, 0.29) is 53.2 Å². The number of aromatic nitrogens is 3. The summed E-state index contributed by atoms with van der Waals surface area (Å²) < 4.78 is 10.2. The number of hydrogen-bond acceptors (Lipinski definition) is 9. The molecule has 2 aliphatic heterocycles. The van der Waals surface area contributed by atoms with Crippen molar-refractivity contribution in [3.05, 3.63) is 47.5 Å². The highest BCUT2D eigenvalue weighted by atomic mass is 16.5. The summed E-state index contributed by atoms with van der Waals surface area (Å²) in [5.74, 6) is -1.18. The molecule has 13 heteroatoms. The Kier molecular flexibility index (Phi) is 8.48. The summed E-state index contributed by atoms with van der Waals surface area (Å²) in [4.78, 5) is 56.8. The van der Waals surface area contributed by atoms with Crippen LogP contribution in [0.3, 0.4) is 0 Å². The topological polar surface area (TPSA) is 185 Å². The van der Waals surface area contributed by atoms with Gasteiger partial charge in [0.1, 0.15) is 23.2 Å². The number of aromatic carboxylic acids is 1. The Balaban J connectivity index is 0.000000257. The summed E-state index contributed by atoms with van der Waals surface area (Å²) in [6.07, 6.45) is 4.27. The number of carboxylic acid groups (broad SMARTS) is 1. The molecule has 0 unspecified atom stereocenters. The average molecular weight is 525 g/mol. The van der Waals surface area contributed by atoms with Crippen LogP contribution in [0.15, 0.2) is 30.7 Å². The zero-order valence-electron chi connectivity index (χ0n) is 20.7. The summed E-state index contributed by atoms with van der Waals surface area (Å²) >= 11 is 0. The maximum Gasteiger partial charge on any atom is 0.339 e. The predicted octanol–water partition coefficient (Wildman–Crippen LogP) is 1.47. The van der Waals surface area contributed by atoms with Crippen molar-refractivity contribution >= 4 is 40.5 Å². The second kappa shape index (κ2) is 12.1. The van der Waals surface area contributed by atoms with Crippen molar-refractivity contribution in [1.82, 2.24) is 25.6 Å². The molecule has 5 rings (SSSR count). The van der Waals surface area contributed by atoms with Crippen LogP contribution in [-0.2, 0) is 20.9 Å². The Hall–Kier alpha value is -4.52.